The highest BCUT2D eigenvalue weighted by Gasteiger charge is 2.10. The molecule has 1 heterocycles. The third-order valence-electron chi connectivity index (χ3n) is 6.78. The molecule has 0 aliphatic carbocycles. The van der Waals surface area contributed by atoms with Crippen LogP contribution in [-0.2, 0) is 6.42 Å². The van der Waals surface area contributed by atoms with Crippen LogP contribution in [-0.4, -0.2) is 22.7 Å². The number of nitrogens with zero attached hydrogens (tertiary/aromatic N) is 2. The van der Waals surface area contributed by atoms with Crippen molar-refractivity contribution in [3.05, 3.63) is 42.2 Å². The Kier molecular flexibility index (Phi) is 14.5. The summed E-state index contributed by atoms with van der Waals surface area (Å²) in [5.74, 6) is 1.88. The molecule has 2 aromatic rings. The SMILES string of the molecule is CCCCCCCCCCCc1ccc(-c2ncc(OCCC(F)CCC(C)CC)cn2)cc1. The van der Waals surface area contributed by atoms with Crippen LogP contribution in [0.25, 0.3) is 11.4 Å². The summed E-state index contributed by atoms with van der Waals surface area (Å²) in [6, 6.07) is 8.58. The quantitative estimate of drug-likeness (QED) is 0.192. The molecule has 0 bridgehead atoms. The third-order valence-corrected chi connectivity index (χ3v) is 6.78. The Labute approximate surface area is 208 Å². The maximum atomic E-state index is 14.0. The molecule has 0 saturated carbocycles. The summed E-state index contributed by atoms with van der Waals surface area (Å²) in [5, 5.41) is 0. The summed E-state index contributed by atoms with van der Waals surface area (Å²) in [6.45, 7) is 6.95. The minimum absolute atomic E-state index is 0.359. The van der Waals surface area contributed by atoms with Crippen molar-refractivity contribution in [2.75, 3.05) is 6.61 Å². The number of aryl methyl sites for hydroxylation is 1. The van der Waals surface area contributed by atoms with E-state index in [1.807, 2.05) is 0 Å². The molecule has 0 radical (unpaired) electrons. The summed E-state index contributed by atoms with van der Waals surface area (Å²) in [7, 11) is 0. The molecule has 0 fully saturated rings. The number of ether oxygens (including phenoxy) is 1. The first-order valence-corrected chi connectivity index (χ1v) is 13.8. The Morgan fingerprint density at radius 1 is 0.794 bits per heavy atom. The van der Waals surface area contributed by atoms with E-state index in [9.17, 15) is 4.39 Å². The van der Waals surface area contributed by atoms with Crippen LogP contribution in [0.5, 0.6) is 5.75 Å². The summed E-state index contributed by atoms with van der Waals surface area (Å²) >= 11 is 0. The van der Waals surface area contributed by atoms with Gasteiger partial charge >= 0.3 is 0 Å². The van der Waals surface area contributed by atoms with Crippen LogP contribution >= 0.6 is 0 Å². The van der Waals surface area contributed by atoms with Gasteiger partial charge in [-0.1, -0.05) is 103 Å². The molecule has 0 amide bonds. The second kappa shape index (κ2) is 17.5. The van der Waals surface area contributed by atoms with Crippen molar-refractivity contribution >= 4 is 0 Å². The number of hydrogen-bond acceptors (Lipinski definition) is 3. The average molecular weight is 471 g/mol. The third kappa shape index (κ3) is 11.9. The molecule has 0 spiro atoms. The molecule has 2 unspecified atom stereocenters. The smallest absolute Gasteiger partial charge is 0.159 e. The lowest BCUT2D eigenvalue weighted by Gasteiger charge is -2.12. The van der Waals surface area contributed by atoms with E-state index < -0.39 is 6.17 Å². The van der Waals surface area contributed by atoms with Crippen molar-refractivity contribution in [1.82, 2.24) is 9.97 Å². The number of aromatic nitrogens is 2. The van der Waals surface area contributed by atoms with Gasteiger partial charge in [-0.05, 0) is 37.2 Å². The van der Waals surface area contributed by atoms with Crippen molar-refractivity contribution in [3.63, 3.8) is 0 Å². The first kappa shape index (κ1) is 28.3. The minimum Gasteiger partial charge on any atom is -0.490 e. The van der Waals surface area contributed by atoms with Crippen molar-refractivity contribution in [3.8, 4) is 17.1 Å². The Balaban J connectivity index is 1.64. The highest BCUT2D eigenvalue weighted by Crippen LogP contribution is 2.20. The van der Waals surface area contributed by atoms with Gasteiger partial charge < -0.3 is 4.74 Å². The highest BCUT2D eigenvalue weighted by atomic mass is 19.1. The highest BCUT2D eigenvalue weighted by molar-refractivity contribution is 5.55. The van der Waals surface area contributed by atoms with Crippen LogP contribution in [0, 0.1) is 5.92 Å². The Morgan fingerprint density at radius 2 is 1.41 bits per heavy atom. The Bertz CT molecular complexity index is 747. The number of halogens is 1. The van der Waals surface area contributed by atoms with E-state index >= 15 is 0 Å². The van der Waals surface area contributed by atoms with Crippen molar-refractivity contribution in [2.24, 2.45) is 5.92 Å². The van der Waals surface area contributed by atoms with E-state index in [1.165, 1.54) is 63.4 Å². The zero-order valence-corrected chi connectivity index (χ0v) is 21.9. The van der Waals surface area contributed by atoms with Crippen molar-refractivity contribution in [1.29, 1.82) is 0 Å². The van der Waals surface area contributed by atoms with Gasteiger partial charge in [-0.25, -0.2) is 14.4 Å². The van der Waals surface area contributed by atoms with Gasteiger partial charge in [0.1, 0.15) is 6.17 Å². The number of hydrogen-bond donors (Lipinski definition) is 0. The topological polar surface area (TPSA) is 35.0 Å². The lowest BCUT2D eigenvalue weighted by atomic mass is 10.0. The summed E-state index contributed by atoms with van der Waals surface area (Å²) in [5.41, 5.74) is 2.39. The molecule has 0 aliphatic rings. The standard InChI is InChI=1S/C30H47FN2O/c1-4-6-7-8-9-10-11-12-13-14-26-16-18-27(19-17-26)30-32-23-29(24-33-30)34-22-21-28(31)20-15-25(3)5-2/h16-19,23-25,28H,4-15,20-22H2,1-3H3. The van der Waals surface area contributed by atoms with Gasteiger partial charge in [0.2, 0.25) is 0 Å². The Hall–Kier alpha value is -1.97. The second-order valence-corrected chi connectivity index (χ2v) is 9.84. The summed E-state index contributed by atoms with van der Waals surface area (Å²) in [6.07, 6.45) is 19.0. The molecular formula is C30H47FN2O. The maximum Gasteiger partial charge on any atom is 0.159 e. The van der Waals surface area contributed by atoms with E-state index in [0.717, 1.165) is 24.8 Å². The number of rotatable bonds is 19. The first-order chi connectivity index (χ1) is 16.6. The van der Waals surface area contributed by atoms with Crippen LogP contribution in [0.1, 0.15) is 110 Å². The van der Waals surface area contributed by atoms with Gasteiger partial charge in [-0.2, -0.15) is 0 Å². The number of unbranched alkanes of at least 4 members (excludes halogenated alkanes) is 8. The molecule has 0 N–H and O–H groups in total. The average Bonchev–Trinajstić information content (AvgIpc) is 2.87. The molecule has 34 heavy (non-hydrogen) atoms. The number of benzene rings is 1. The van der Waals surface area contributed by atoms with Crippen LogP contribution in [0.15, 0.2) is 36.7 Å². The van der Waals surface area contributed by atoms with Crippen LogP contribution < -0.4 is 4.74 Å². The lowest BCUT2D eigenvalue weighted by molar-refractivity contribution is 0.216. The summed E-state index contributed by atoms with van der Waals surface area (Å²) < 4.78 is 19.6. The first-order valence-electron chi connectivity index (χ1n) is 13.8. The molecule has 3 nitrogen and oxygen atoms in total. The fraction of sp³-hybridized carbons (Fsp3) is 0.667. The fourth-order valence-corrected chi connectivity index (χ4v) is 4.12. The van der Waals surface area contributed by atoms with E-state index in [4.69, 9.17) is 4.74 Å². The maximum absolute atomic E-state index is 14.0. The van der Waals surface area contributed by atoms with E-state index in [-0.39, 0.29) is 0 Å². The van der Waals surface area contributed by atoms with Gasteiger partial charge in [-0.15, -0.1) is 0 Å². The molecule has 2 rings (SSSR count). The molecule has 0 saturated heterocycles. The van der Waals surface area contributed by atoms with Crippen molar-refractivity contribution < 1.29 is 9.13 Å². The molecular weight excluding hydrogens is 423 g/mol. The van der Waals surface area contributed by atoms with Gasteiger partial charge in [0.15, 0.2) is 11.6 Å². The zero-order valence-electron chi connectivity index (χ0n) is 21.9. The van der Waals surface area contributed by atoms with Crippen molar-refractivity contribution in [2.45, 2.75) is 117 Å². The van der Waals surface area contributed by atoms with Gasteiger partial charge in [0.05, 0.1) is 19.0 Å². The molecule has 1 aromatic heterocycles. The van der Waals surface area contributed by atoms with E-state index in [1.54, 1.807) is 12.4 Å². The van der Waals surface area contributed by atoms with E-state index in [0.29, 0.717) is 36.9 Å². The minimum atomic E-state index is -0.803. The zero-order chi connectivity index (χ0) is 24.4. The second-order valence-electron chi connectivity index (χ2n) is 9.84. The lowest BCUT2D eigenvalue weighted by Crippen LogP contribution is -2.09. The fourth-order valence-electron chi connectivity index (χ4n) is 4.12. The van der Waals surface area contributed by atoms with Crippen LogP contribution in [0.3, 0.4) is 0 Å². The summed E-state index contributed by atoms with van der Waals surface area (Å²) in [4.78, 5) is 8.88. The van der Waals surface area contributed by atoms with Gasteiger partial charge in [-0.3, -0.25) is 0 Å². The molecule has 4 heteroatoms. The largest absolute Gasteiger partial charge is 0.490 e. The Morgan fingerprint density at radius 3 is 2.03 bits per heavy atom. The van der Waals surface area contributed by atoms with Gasteiger partial charge in [0, 0.05) is 12.0 Å². The monoisotopic (exact) mass is 470 g/mol. The molecule has 0 aliphatic heterocycles. The predicted octanol–water partition coefficient (Wildman–Crippen LogP) is 9.15. The number of alkyl halides is 1. The molecule has 190 valence electrons. The van der Waals surface area contributed by atoms with Crippen LogP contribution in [0.4, 0.5) is 4.39 Å². The predicted molar refractivity (Wildman–Crippen MR) is 142 cm³/mol. The van der Waals surface area contributed by atoms with E-state index in [2.05, 4.69) is 55.0 Å². The van der Waals surface area contributed by atoms with Crippen LogP contribution in [0.2, 0.25) is 0 Å². The van der Waals surface area contributed by atoms with Gasteiger partial charge in [0.25, 0.3) is 0 Å². The molecule has 1 aromatic carbocycles. The molecule has 2 atom stereocenters. The normalized spacial score (nSPS) is 13.1.